The van der Waals surface area contributed by atoms with E-state index in [1.54, 1.807) is 24.4 Å². The summed E-state index contributed by atoms with van der Waals surface area (Å²) in [4.78, 5) is 16.6. The Bertz CT molecular complexity index is 660. The molecule has 1 heterocycles. The van der Waals surface area contributed by atoms with Crippen LogP contribution in [0.15, 0.2) is 24.4 Å². The number of anilines is 1. The van der Waals surface area contributed by atoms with E-state index in [0.717, 1.165) is 11.4 Å². The lowest BCUT2D eigenvalue weighted by molar-refractivity contribution is 0.103. The van der Waals surface area contributed by atoms with Crippen LogP contribution in [0.1, 0.15) is 27.2 Å². The second-order valence-electron chi connectivity index (χ2n) is 3.73. The van der Waals surface area contributed by atoms with Crippen molar-refractivity contribution in [3.63, 3.8) is 0 Å². The van der Waals surface area contributed by atoms with E-state index in [2.05, 4.69) is 10.3 Å². The van der Waals surface area contributed by atoms with E-state index in [4.69, 9.17) is 16.9 Å². The van der Waals surface area contributed by atoms with Crippen molar-refractivity contribution in [2.45, 2.75) is 13.3 Å². The predicted octanol–water partition coefficient (Wildman–Crippen LogP) is 3.48. The molecule has 0 radical (unpaired) electrons. The fraction of sp³-hybridized carbons (Fsp3) is 0.154. The van der Waals surface area contributed by atoms with Gasteiger partial charge in [0.25, 0.3) is 5.91 Å². The third kappa shape index (κ3) is 3.11. The van der Waals surface area contributed by atoms with Crippen LogP contribution in [0.25, 0.3) is 0 Å². The van der Waals surface area contributed by atoms with Crippen molar-refractivity contribution >= 4 is 34.5 Å². The largest absolute Gasteiger partial charge is 0.321 e. The van der Waals surface area contributed by atoms with Crippen molar-refractivity contribution in [2.24, 2.45) is 0 Å². The zero-order valence-corrected chi connectivity index (χ0v) is 11.7. The highest BCUT2D eigenvalue weighted by Gasteiger charge is 2.11. The summed E-state index contributed by atoms with van der Waals surface area (Å²) in [5.41, 5.74) is 0.871. The first-order valence-corrected chi connectivity index (χ1v) is 6.79. The number of nitrogens with zero attached hydrogens (tertiary/aromatic N) is 2. The van der Waals surface area contributed by atoms with Crippen LogP contribution in [-0.2, 0) is 6.42 Å². The number of benzene rings is 1. The molecule has 0 aliphatic heterocycles. The summed E-state index contributed by atoms with van der Waals surface area (Å²) in [6, 6.07) is 6.75. The molecule has 0 aliphatic carbocycles. The van der Waals surface area contributed by atoms with Crippen LogP contribution >= 0.6 is 22.9 Å². The highest BCUT2D eigenvalue weighted by Crippen LogP contribution is 2.21. The van der Waals surface area contributed by atoms with E-state index in [0.29, 0.717) is 21.2 Å². The Morgan fingerprint density at radius 3 is 3.00 bits per heavy atom. The van der Waals surface area contributed by atoms with Crippen molar-refractivity contribution in [1.82, 2.24) is 4.98 Å². The summed E-state index contributed by atoms with van der Waals surface area (Å²) in [5.74, 6) is -0.233. The van der Waals surface area contributed by atoms with Gasteiger partial charge < -0.3 is 5.32 Å². The molecule has 0 bridgehead atoms. The van der Waals surface area contributed by atoms with Gasteiger partial charge >= 0.3 is 0 Å². The summed E-state index contributed by atoms with van der Waals surface area (Å²) in [6.07, 6.45) is 2.36. The van der Waals surface area contributed by atoms with E-state index in [9.17, 15) is 4.79 Å². The number of hydrogen-bond acceptors (Lipinski definition) is 4. The third-order valence-electron chi connectivity index (χ3n) is 2.42. The lowest BCUT2D eigenvalue weighted by Crippen LogP contribution is -2.10. The smallest absolute Gasteiger partial charge is 0.267 e. The Morgan fingerprint density at radius 1 is 1.58 bits per heavy atom. The van der Waals surface area contributed by atoms with Crippen molar-refractivity contribution in [3.8, 4) is 6.07 Å². The maximum absolute atomic E-state index is 12.0. The average Bonchev–Trinajstić information content (AvgIpc) is 2.90. The number of carbonyl (C=O) groups excluding carboxylic acids is 1. The third-order valence-corrected chi connectivity index (χ3v) is 3.89. The minimum absolute atomic E-state index is 0.233. The molecule has 6 heteroatoms. The molecule has 0 spiro atoms. The van der Waals surface area contributed by atoms with Crippen LogP contribution in [-0.4, -0.2) is 10.9 Å². The number of aryl methyl sites for hydroxylation is 1. The molecule has 1 amide bonds. The lowest BCUT2D eigenvalue weighted by atomic mass is 10.2. The van der Waals surface area contributed by atoms with E-state index >= 15 is 0 Å². The SMILES string of the molecule is CCc1ncc(C(=O)Nc2ccc(Cl)c(C#N)c2)s1. The van der Waals surface area contributed by atoms with Gasteiger partial charge in [-0.2, -0.15) is 5.26 Å². The van der Waals surface area contributed by atoms with Crippen LogP contribution in [0.5, 0.6) is 0 Å². The van der Waals surface area contributed by atoms with Crippen LogP contribution in [0.4, 0.5) is 5.69 Å². The molecule has 2 aromatic rings. The summed E-state index contributed by atoms with van der Waals surface area (Å²) in [6.45, 7) is 1.99. The average molecular weight is 292 g/mol. The Balaban J connectivity index is 2.17. The summed E-state index contributed by atoms with van der Waals surface area (Å²) >= 11 is 7.19. The molecule has 0 saturated carbocycles. The Kier molecular flexibility index (Phi) is 4.15. The van der Waals surface area contributed by atoms with E-state index in [-0.39, 0.29) is 5.91 Å². The fourth-order valence-corrected chi connectivity index (χ4v) is 2.37. The molecular formula is C13H10ClN3OS. The molecule has 96 valence electrons. The number of thiazole rings is 1. The molecule has 4 nitrogen and oxygen atoms in total. The molecule has 1 aromatic heterocycles. The Hall–Kier alpha value is -1.90. The molecule has 1 N–H and O–H groups in total. The minimum atomic E-state index is -0.233. The van der Waals surface area contributed by atoms with Gasteiger partial charge in [0.2, 0.25) is 0 Å². The number of halogens is 1. The van der Waals surface area contributed by atoms with Crippen molar-refractivity contribution in [3.05, 3.63) is 44.9 Å². The van der Waals surface area contributed by atoms with Gasteiger partial charge in [0.1, 0.15) is 10.9 Å². The Labute approximate surface area is 119 Å². The summed E-state index contributed by atoms with van der Waals surface area (Å²) in [5, 5.41) is 12.9. The number of nitriles is 1. The van der Waals surface area contributed by atoms with Gasteiger partial charge in [-0.1, -0.05) is 18.5 Å². The van der Waals surface area contributed by atoms with E-state index < -0.39 is 0 Å². The molecular weight excluding hydrogens is 282 g/mol. The fourth-order valence-electron chi connectivity index (χ4n) is 1.46. The van der Waals surface area contributed by atoms with Crippen molar-refractivity contribution < 1.29 is 4.79 Å². The number of amides is 1. The summed E-state index contributed by atoms with van der Waals surface area (Å²) < 4.78 is 0. The zero-order valence-electron chi connectivity index (χ0n) is 10.1. The minimum Gasteiger partial charge on any atom is -0.321 e. The zero-order chi connectivity index (χ0) is 13.8. The van der Waals surface area contributed by atoms with Gasteiger partial charge in [-0.05, 0) is 24.6 Å². The number of nitrogens with one attached hydrogen (secondary N) is 1. The van der Waals surface area contributed by atoms with Crippen molar-refractivity contribution in [1.29, 1.82) is 5.26 Å². The molecule has 19 heavy (non-hydrogen) atoms. The highest BCUT2D eigenvalue weighted by atomic mass is 35.5. The molecule has 0 atom stereocenters. The number of carbonyl (C=O) groups is 1. The van der Waals surface area contributed by atoms with Gasteiger partial charge in [0.15, 0.2) is 0 Å². The Morgan fingerprint density at radius 2 is 2.37 bits per heavy atom. The first-order valence-electron chi connectivity index (χ1n) is 5.59. The van der Waals surface area contributed by atoms with Gasteiger partial charge in [0, 0.05) is 5.69 Å². The molecule has 0 fully saturated rings. The van der Waals surface area contributed by atoms with E-state index in [1.165, 1.54) is 11.3 Å². The van der Waals surface area contributed by atoms with Gasteiger partial charge in [-0.25, -0.2) is 4.98 Å². The first kappa shape index (κ1) is 13.5. The molecule has 0 aliphatic rings. The number of hydrogen-bond donors (Lipinski definition) is 1. The van der Waals surface area contributed by atoms with Crippen LogP contribution in [0.2, 0.25) is 5.02 Å². The maximum atomic E-state index is 12.0. The molecule has 0 saturated heterocycles. The quantitative estimate of drug-likeness (QED) is 0.941. The second-order valence-corrected chi connectivity index (χ2v) is 5.25. The first-order chi connectivity index (χ1) is 9.13. The van der Waals surface area contributed by atoms with Crippen LogP contribution in [0.3, 0.4) is 0 Å². The molecule has 2 rings (SSSR count). The monoisotopic (exact) mass is 291 g/mol. The summed E-state index contributed by atoms with van der Waals surface area (Å²) in [7, 11) is 0. The van der Waals surface area contributed by atoms with Gasteiger partial charge in [0.05, 0.1) is 21.8 Å². The lowest BCUT2D eigenvalue weighted by Gasteiger charge is -2.04. The second kappa shape index (κ2) is 5.83. The maximum Gasteiger partial charge on any atom is 0.267 e. The standard InChI is InChI=1S/C13H10ClN3OS/c1-2-12-16-7-11(19-12)13(18)17-9-3-4-10(14)8(5-9)6-15/h3-5,7H,2H2,1H3,(H,17,18). The highest BCUT2D eigenvalue weighted by molar-refractivity contribution is 7.13. The molecule has 0 unspecified atom stereocenters. The molecule has 1 aromatic carbocycles. The van der Waals surface area contributed by atoms with Gasteiger partial charge in [-0.15, -0.1) is 11.3 Å². The van der Waals surface area contributed by atoms with Gasteiger partial charge in [-0.3, -0.25) is 4.79 Å². The van der Waals surface area contributed by atoms with Crippen LogP contribution < -0.4 is 5.32 Å². The van der Waals surface area contributed by atoms with Crippen LogP contribution in [0, 0.1) is 11.3 Å². The van der Waals surface area contributed by atoms with E-state index in [1.807, 2.05) is 13.0 Å². The number of rotatable bonds is 3. The normalized spacial score (nSPS) is 9.95. The topological polar surface area (TPSA) is 65.8 Å². The number of aromatic nitrogens is 1. The predicted molar refractivity (Wildman–Crippen MR) is 75.6 cm³/mol. The van der Waals surface area contributed by atoms with Crippen molar-refractivity contribution in [2.75, 3.05) is 5.32 Å².